The number of ether oxygens (including phenoxy) is 1. The molecule has 0 saturated carbocycles. The van der Waals surface area contributed by atoms with E-state index in [1.807, 2.05) is 114 Å². The lowest BCUT2D eigenvalue weighted by Gasteiger charge is -2.43. The van der Waals surface area contributed by atoms with Crippen molar-refractivity contribution in [1.29, 1.82) is 0 Å². The number of amides is 3. The Bertz CT molecular complexity index is 1400. The van der Waals surface area contributed by atoms with E-state index in [2.05, 4.69) is 10.6 Å². The molecule has 7 nitrogen and oxygen atoms in total. The van der Waals surface area contributed by atoms with Crippen LogP contribution in [-0.2, 0) is 20.7 Å². The normalized spacial score (nSPS) is 13.1. The molecule has 3 aromatic rings. The van der Waals surface area contributed by atoms with Crippen LogP contribution in [0.15, 0.2) is 72.8 Å². The predicted octanol–water partition coefficient (Wildman–Crippen LogP) is 7.05. The number of benzene rings is 3. The third kappa shape index (κ3) is 8.44. The number of para-hydroxylation sites is 1. The number of nitrogens with zero attached hydrogens (tertiary/aromatic N) is 1. The van der Waals surface area contributed by atoms with Gasteiger partial charge in [0.15, 0.2) is 0 Å². The van der Waals surface area contributed by atoms with Crippen molar-refractivity contribution >= 4 is 23.6 Å². The molecule has 224 valence electrons. The number of hydrogen-bond donors (Lipinski definition) is 2. The molecule has 7 heteroatoms. The number of rotatable bonds is 8. The first-order valence-electron chi connectivity index (χ1n) is 14.4. The van der Waals surface area contributed by atoms with Crippen LogP contribution in [0.2, 0.25) is 0 Å². The Labute approximate surface area is 250 Å². The molecule has 2 atom stereocenters. The lowest BCUT2D eigenvalue weighted by atomic mass is 9.90. The van der Waals surface area contributed by atoms with E-state index in [-0.39, 0.29) is 18.2 Å². The zero-order valence-corrected chi connectivity index (χ0v) is 26.4. The van der Waals surface area contributed by atoms with Crippen molar-refractivity contribution in [1.82, 2.24) is 10.2 Å². The van der Waals surface area contributed by atoms with Crippen LogP contribution in [0, 0.1) is 20.8 Å². The van der Waals surface area contributed by atoms with Gasteiger partial charge in [0.05, 0.1) is 0 Å². The summed E-state index contributed by atoms with van der Waals surface area (Å²) in [5.74, 6) is -0.722. The number of aryl methyl sites for hydroxylation is 2. The summed E-state index contributed by atoms with van der Waals surface area (Å²) >= 11 is 0. The van der Waals surface area contributed by atoms with Crippen molar-refractivity contribution in [3.05, 3.63) is 101 Å². The molecule has 2 unspecified atom stereocenters. The van der Waals surface area contributed by atoms with Crippen molar-refractivity contribution < 1.29 is 19.1 Å². The van der Waals surface area contributed by atoms with Gasteiger partial charge in [0.25, 0.3) is 5.91 Å². The van der Waals surface area contributed by atoms with Crippen molar-refractivity contribution in [2.75, 3.05) is 5.32 Å². The average molecular weight is 572 g/mol. The Hall–Kier alpha value is -4.13. The molecule has 0 radical (unpaired) electrons. The van der Waals surface area contributed by atoms with E-state index in [9.17, 15) is 14.4 Å². The van der Waals surface area contributed by atoms with E-state index >= 15 is 0 Å². The molecule has 42 heavy (non-hydrogen) atoms. The summed E-state index contributed by atoms with van der Waals surface area (Å²) in [7, 11) is 0. The van der Waals surface area contributed by atoms with Crippen LogP contribution >= 0.6 is 0 Å². The van der Waals surface area contributed by atoms with Crippen LogP contribution < -0.4 is 10.6 Å². The summed E-state index contributed by atoms with van der Waals surface area (Å²) in [6.45, 7) is 16.9. The molecule has 0 bridgehead atoms. The second-order valence-corrected chi connectivity index (χ2v) is 12.8. The largest absolute Gasteiger partial charge is 0.444 e. The Morgan fingerprint density at radius 2 is 1.38 bits per heavy atom. The molecule has 3 aromatic carbocycles. The topological polar surface area (TPSA) is 87.7 Å². The van der Waals surface area contributed by atoms with E-state index in [4.69, 9.17) is 4.74 Å². The maximum Gasteiger partial charge on any atom is 0.408 e. The minimum atomic E-state index is -0.986. The fourth-order valence-corrected chi connectivity index (χ4v) is 4.89. The molecule has 0 heterocycles. The number of carbonyl (C=O) groups excluding carboxylic acids is 3. The zero-order valence-electron chi connectivity index (χ0n) is 26.4. The molecule has 0 saturated heterocycles. The maximum absolute atomic E-state index is 14.7. The van der Waals surface area contributed by atoms with Gasteiger partial charge in [-0.2, -0.15) is 0 Å². The molecule has 2 N–H and O–H groups in total. The smallest absolute Gasteiger partial charge is 0.408 e. The second-order valence-electron chi connectivity index (χ2n) is 12.8. The van der Waals surface area contributed by atoms with Crippen LogP contribution in [0.4, 0.5) is 10.5 Å². The first kappa shape index (κ1) is 32.4. The van der Waals surface area contributed by atoms with Crippen LogP contribution in [0.1, 0.15) is 75.4 Å². The molecule has 3 rings (SSSR count). The summed E-state index contributed by atoms with van der Waals surface area (Å²) in [6, 6.07) is 20.9. The quantitative estimate of drug-likeness (QED) is 0.303. The number of alkyl carbamates (subject to hydrolysis) is 1. The average Bonchev–Trinajstić information content (AvgIpc) is 2.88. The highest BCUT2D eigenvalue weighted by atomic mass is 16.6. The molecule has 0 aromatic heterocycles. The van der Waals surface area contributed by atoms with E-state index in [1.54, 1.807) is 25.7 Å². The third-order valence-corrected chi connectivity index (χ3v) is 7.08. The van der Waals surface area contributed by atoms with Gasteiger partial charge in [-0.1, -0.05) is 66.7 Å². The third-order valence-electron chi connectivity index (χ3n) is 7.08. The van der Waals surface area contributed by atoms with Gasteiger partial charge in [-0.25, -0.2) is 4.79 Å². The van der Waals surface area contributed by atoms with Gasteiger partial charge in [-0.3, -0.25) is 9.59 Å². The zero-order chi connectivity index (χ0) is 31.2. The minimum absolute atomic E-state index is 0.227. The molecule has 0 spiro atoms. The summed E-state index contributed by atoms with van der Waals surface area (Å²) < 4.78 is 5.54. The van der Waals surface area contributed by atoms with Crippen LogP contribution in [0.25, 0.3) is 0 Å². The highest BCUT2D eigenvalue weighted by Gasteiger charge is 2.42. The summed E-state index contributed by atoms with van der Waals surface area (Å²) in [5, 5.41) is 5.90. The van der Waals surface area contributed by atoms with Gasteiger partial charge < -0.3 is 20.3 Å². The number of anilines is 1. The lowest BCUT2D eigenvalue weighted by Crippen LogP contribution is -2.58. The Kier molecular flexibility index (Phi) is 10.2. The van der Waals surface area contributed by atoms with Gasteiger partial charge in [0.1, 0.15) is 17.7 Å². The van der Waals surface area contributed by atoms with Gasteiger partial charge in [0.2, 0.25) is 5.91 Å². The molecule has 0 aliphatic heterocycles. The minimum Gasteiger partial charge on any atom is -0.444 e. The van der Waals surface area contributed by atoms with Gasteiger partial charge in [-0.15, -0.1) is 0 Å². The van der Waals surface area contributed by atoms with Crippen LogP contribution in [0.5, 0.6) is 0 Å². The first-order valence-corrected chi connectivity index (χ1v) is 14.4. The number of carbonyl (C=O) groups is 3. The number of hydrogen-bond acceptors (Lipinski definition) is 4. The highest BCUT2D eigenvalue weighted by molar-refractivity contribution is 6.00. The molecule has 0 aliphatic rings. The number of nitrogens with one attached hydrogen (secondary N) is 2. The SMILES string of the molecule is Cc1ccccc1NC(=O)C(c1cccc(C)c1C)N(C(=O)C(Cc1ccccc1)NC(=O)OC(C)(C)C)C(C)(C)C. The molecule has 0 fully saturated rings. The van der Waals surface area contributed by atoms with Crippen LogP contribution in [0.3, 0.4) is 0 Å². The Morgan fingerprint density at radius 3 is 1.98 bits per heavy atom. The molecule has 3 amide bonds. The molecular formula is C35H45N3O4. The van der Waals surface area contributed by atoms with Gasteiger partial charge in [-0.05, 0) is 96.2 Å². The van der Waals surface area contributed by atoms with E-state index in [1.165, 1.54) is 0 Å². The Balaban J connectivity index is 2.15. The lowest BCUT2D eigenvalue weighted by molar-refractivity contribution is -0.146. The summed E-state index contributed by atoms with van der Waals surface area (Å²) in [6.07, 6.45) is -0.469. The van der Waals surface area contributed by atoms with E-state index < -0.39 is 29.3 Å². The monoisotopic (exact) mass is 571 g/mol. The summed E-state index contributed by atoms with van der Waals surface area (Å²) in [4.78, 5) is 43.6. The van der Waals surface area contributed by atoms with Crippen molar-refractivity contribution in [2.45, 2.75) is 92.0 Å². The van der Waals surface area contributed by atoms with Gasteiger partial charge in [0, 0.05) is 17.6 Å². The first-order chi connectivity index (χ1) is 19.6. The van der Waals surface area contributed by atoms with Gasteiger partial charge >= 0.3 is 6.09 Å². The highest BCUT2D eigenvalue weighted by Crippen LogP contribution is 2.34. The maximum atomic E-state index is 14.7. The summed E-state index contributed by atoms with van der Waals surface area (Å²) in [5.41, 5.74) is 3.56. The Morgan fingerprint density at radius 1 is 0.786 bits per heavy atom. The standard InChI is InChI=1S/C35H45N3O4/c1-23-17-15-20-27(25(23)3)30(31(39)36-28-21-14-13-16-24(28)2)38(34(4,5)6)32(40)29(22-26-18-11-10-12-19-26)37-33(41)42-35(7,8)9/h10-21,29-30H,22H2,1-9H3,(H,36,39)(H,37,41). The second kappa shape index (κ2) is 13.2. The van der Waals surface area contributed by atoms with E-state index in [0.717, 1.165) is 27.8 Å². The van der Waals surface area contributed by atoms with Crippen LogP contribution in [-0.4, -0.2) is 40.0 Å². The van der Waals surface area contributed by atoms with Crippen molar-refractivity contribution in [3.63, 3.8) is 0 Å². The molecular weight excluding hydrogens is 526 g/mol. The fourth-order valence-electron chi connectivity index (χ4n) is 4.89. The van der Waals surface area contributed by atoms with Crippen molar-refractivity contribution in [2.24, 2.45) is 0 Å². The van der Waals surface area contributed by atoms with E-state index in [0.29, 0.717) is 5.69 Å². The molecule has 0 aliphatic carbocycles. The fraction of sp³-hybridized carbons (Fsp3) is 0.400. The van der Waals surface area contributed by atoms with Crippen molar-refractivity contribution in [3.8, 4) is 0 Å². The predicted molar refractivity (Wildman–Crippen MR) is 168 cm³/mol.